The average Bonchev–Trinajstić information content (AvgIpc) is 1.12. The maximum Gasteiger partial charge on any atom is 0.453 e. The van der Waals surface area contributed by atoms with Gasteiger partial charge in [0.2, 0.25) is 0 Å². The second-order valence-electron chi connectivity index (χ2n) is 28.6. The summed E-state index contributed by atoms with van der Waals surface area (Å²) in [6.45, 7) is 41.8. The summed E-state index contributed by atoms with van der Waals surface area (Å²) in [6.07, 6.45) is 10.5. The highest BCUT2D eigenvalue weighted by Crippen LogP contribution is 2.63. The second kappa shape index (κ2) is 23.2. The molecule has 2 heterocycles. The summed E-state index contributed by atoms with van der Waals surface area (Å²) in [7, 11) is -3.92. The molecule has 3 atom stereocenters. The Hall–Kier alpha value is -6.06. The molecule has 8 heteroatoms. The molecule has 2 aromatic heterocycles. The molecule has 6 nitrogen and oxygen atoms in total. The number of benzene rings is 7. The zero-order valence-corrected chi connectivity index (χ0v) is 56.3. The fourth-order valence-corrected chi connectivity index (χ4v) is 18.2. The average molecular weight is 1180 g/mol. The Kier molecular flexibility index (Phi) is 16.6. The molecular weight excluding hydrogens is 1080 g/mol. The molecule has 0 saturated carbocycles. The summed E-state index contributed by atoms with van der Waals surface area (Å²) in [4.78, 5) is 0. The highest BCUT2D eigenvalue weighted by atomic mass is 31.1. The lowest BCUT2D eigenvalue weighted by Crippen LogP contribution is -2.43. The van der Waals surface area contributed by atoms with Crippen molar-refractivity contribution in [3.8, 4) is 11.5 Å². The summed E-state index contributed by atoms with van der Waals surface area (Å²) >= 11 is 0. The van der Waals surface area contributed by atoms with Crippen LogP contribution in [0.3, 0.4) is 0 Å². The number of aryl methyl sites for hydroxylation is 10. The molecule has 7 aromatic carbocycles. The number of fused-ring (bicyclic) bond motifs is 7. The molecule has 0 amide bonds. The first-order valence-electron chi connectivity index (χ1n) is 31.8. The molecule has 12 rings (SSSR count). The van der Waals surface area contributed by atoms with Crippen molar-refractivity contribution in [3.63, 3.8) is 0 Å². The molecule has 3 aliphatic carbocycles. The minimum atomic E-state index is -1.97. The van der Waals surface area contributed by atoms with Crippen molar-refractivity contribution in [1.29, 1.82) is 0 Å². The lowest BCUT2D eigenvalue weighted by Gasteiger charge is -2.53. The number of hydrogen-bond donors (Lipinski definition) is 0. The van der Waals surface area contributed by atoms with Crippen LogP contribution in [-0.4, -0.2) is 0 Å². The van der Waals surface area contributed by atoms with Crippen molar-refractivity contribution in [1.82, 2.24) is 0 Å². The third kappa shape index (κ3) is 11.5. The van der Waals surface area contributed by atoms with Crippen LogP contribution < -0.4 is 9.05 Å². The van der Waals surface area contributed by atoms with Crippen LogP contribution >= 0.6 is 16.5 Å². The van der Waals surface area contributed by atoms with Gasteiger partial charge in [-0.1, -0.05) is 142 Å². The Labute approximate surface area is 509 Å². The molecule has 448 valence electrons. The minimum Gasteiger partial charge on any atom is -0.390 e. The molecule has 3 unspecified atom stereocenters. The Bertz CT molecular complexity index is 3970. The predicted molar refractivity (Wildman–Crippen MR) is 359 cm³/mol. The third-order valence-corrected chi connectivity index (χ3v) is 22.4. The van der Waals surface area contributed by atoms with E-state index in [1.807, 2.05) is 0 Å². The molecule has 3 aliphatic rings. The van der Waals surface area contributed by atoms with Crippen LogP contribution in [0.2, 0.25) is 0 Å². The van der Waals surface area contributed by atoms with Crippen molar-refractivity contribution in [2.45, 2.75) is 207 Å². The molecule has 0 spiro atoms. The third-order valence-electron chi connectivity index (χ3n) is 20.4. The van der Waals surface area contributed by atoms with Crippen LogP contribution in [0, 0.1) is 77.0 Å². The highest BCUT2D eigenvalue weighted by molar-refractivity contribution is 7.32. The SMILES string of the molecule is CCC(C)(C)CCc1ccc(Op2oc3c(C)cc(C)cc3c3cc(C)cc(C)c3o2)c2c1C1CCC2c2c(Op3oc4c(C)cc(C)cc4c4cc(C)cc(C)c4o3)ccc(CCC(C)(C)C(CC)(CC)C(CC(C)(C)C)c3ccccc3)c21. The lowest BCUT2D eigenvalue weighted by molar-refractivity contribution is 0.00386. The predicted octanol–water partition coefficient (Wildman–Crippen LogP) is 24.8. The van der Waals surface area contributed by atoms with Crippen molar-refractivity contribution in [3.05, 3.63) is 187 Å². The molecule has 0 aliphatic heterocycles. The normalized spacial score (nSPS) is 15.6. The van der Waals surface area contributed by atoms with Crippen LogP contribution in [0.1, 0.15) is 222 Å². The van der Waals surface area contributed by atoms with Gasteiger partial charge >= 0.3 is 16.5 Å². The van der Waals surface area contributed by atoms with Gasteiger partial charge in [-0.05, 0) is 249 Å². The van der Waals surface area contributed by atoms with Gasteiger partial charge in [0.15, 0.2) is 0 Å². The molecule has 85 heavy (non-hydrogen) atoms. The fraction of sp³-hybridized carbons (Fsp3) is 0.455. The van der Waals surface area contributed by atoms with E-state index in [1.165, 1.54) is 61.2 Å². The van der Waals surface area contributed by atoms with Gasteiger partial charge in [-0.2, -0.15) is 0 Å². The maximum absolute atomic E-state index is 7.50. The molecule has 9 aromatic rings. The van der Waals surface area contributed by atoms with Gasteiger partial charge in [-0.3, -0.25) is 0 Å². The van der Waals surface area contributed by atoms with E-state index in [-0.39, 0.29) is 33.5 Å². The summed E-state index contributed by atoms with van der Waals surface area (Å²) in [6, 6.07) is 38.5. The van der Waals surface area contributed by atoms with Crippen molar-refractivity contribution in [2.75, 3.05) is 0 Å². The van der Waals surface area contributed by atoms with E-state index in [1.54, 1.807) is 0 Å². The van der Waals surface area contributed by atoms with Gasteiger partial charge in [0, 0.05) is 44.5 Å². The van der Waals surface area contributed by atoms with Gasteiger partial charge in [0.25, 0.3) is 0 Å². The van der Waals surface area contributed by atoms with Crippen LogP contribution in [0.15, 0.2) is 120 Å². The second-order valence-corrected chi connectivity index (χ2v) is 30.6. The first-order chi connectivity index (χ1) is 40.3. The number of hydrogen-bond acceptors (Lipinski definition) is 6. The van der Waals surface area contributed by atoms with Crippen LogP contribution in [0.25, 0.3) is 43.9 Å². The Morgan fingerprint density at radius 2 is 0.835 bits per heavy atom. The fourth-order valence-electron chi connectivity index (χ4n) is 15.8. The van der Waals surface area contributed by atoms with Gasteiger partial charge in [-0.25, -0.2) is 0 Å². The highest BCUT2D eigenvalue weighted by Gasteiger charge is 2.50. The van der Waals surface area contributed by atoms with Crippen molar-refractivity contribution < 1.29 is 25.8 Å². The summed E-state index contributed by atoms with van der Waals surface area (Å²) in [5, 5.41) is 4.17. The standard InChI is InChI=1S/C77H94O6P2/c1-19-75(15,16)35-33-55-27-31-64(78-84-80-70-50(8)37-46(4)41-59(70)60-42-47(5)38-51(9)71(60)81-84)68-58-30-29-57(66(55)68)67-56(34-36-76(17,18)77(20-2,21-3)63(45-74(12,13)14)54-25-23-22-24-26-54)28-32-65(69(58)67)79-85-82-72-52(10)39-48(6)43-61(72)62-44-49(7)40-53(11)73(62)83-85/h22-28,31-32,37-44,57-58,63H,19-21,29-30,33-36,45H2,1-18H3. The van der Waals surface area contributed by atoms with E-state index in [0.29, 0.717) is 5.92 Å². The molecule has 0 N–H and O–H groups in total. The Morgan fingerprint density at radius 3 is 1.20 bits per heavy atom. The molecule has 0 saturated heterocycles. The van der Waals surface area contributed by atoms with E-state index in [4.69, 9.17) is 25.8 Å². The minimum absolute atomic E-state index is 0.0154. The van der Waals surface area contributed by atoms with Crippen molar-refractivity contribution in [2.24, 2.45) is 21.7 Å². The first kappa shape index (κ1) is 60.6. The van der Waals surface area contributed by atoms with E-state index < -0.39 is 16.5 Å². The van der Waals surface area contributed by atoms with Gasteiger partial charge in [0.05, 0.1) is 0 Å². The summed E-state index contributed by atoms with van der Waals surface area (Å²) in [5.41, 5.74) is 22.3. The van der Waals surface area contributed by atoms with Crippen LogP contribution in [-0.2, 0) is 12.8 Å². The van der Waals surface area contributed by atoms with Gasteiger partial charge in [-0.15, -0.1) is 0 Å². The van der Waals surface area contributed by atoms with E-state index in [2.05, 4.69) is 228 Å². The Morgan fingerprint density at radius 1 is 0.459 bits per heavy atom. The van der Waals surface area contributed by atoms with E-state index in [0.717, 1.165) is 142 Å². The van der Waals surface area contributed by atoms with Crippen molar-refractivity contribution >= 4 is 60.4 Å². The largest absolute Gasteiger partial charge is 0.453 e. The zero-order valence-electron chi connectivity index (χ0n) is 54.5. The summed E-state index contributed by atoms with van der Waals surface area (Å²) in [5.74, 6) is 2.12. The molecule has 0 radical (unpaired) electrons. The quantitative estimate of drug-likeness (QED) is 0.0905. The maximum atomic E-state index is 7.50. The van der Waals surface area contributed by atoms with Crippen LogP contribution in [0.4, 0.5) is 0 Å². The van der Waals surface area contributed by atoms with Gasteiger partial charge in [0.1, 0.15) is 33.8 Å². The first-order valence-corrected chi connectivity index (χ1v) is 34.0. The Balaban J connectivity index is 1.13. The number of rotatable bonds is 17. The summed E-state index contributed by atoms with van der Waals surface area (Å²) < 4.78 is 43.4. The topological polar surface area (TPSA) is 71.0 Å². The molecular formula is C77H94O6P2. The molecule has 0 fully saturated rings. The lowest BCUT2D eigenvalue weighted by atomic mass is 9.51. The van der Waals surface area contributed by atoms with E-state index >= 15 is 0 Å². The van der Waals surface area contributed by atoms with E-state index in [9.17, 15) is 0 Å². The smallest absolute Gasteiger partial charge is 0.390 e. The zero-order chi connectivity index (χ0) is 60.7. The monoisotopic (exact) mass is 1180 g/mol. The molecule has 2 bridgehead atoms. The van der Waals surface area contributed by atoms with Crippen LogP contribution in [0.5, 0.6) is 11.5 Å². The van der Waals surface area contributed by atoms with Gasteiger partial charge < -0.3 is 25.8 Å².